The molecule has 0 fully saturated rings. The van der Waals surface area contributed by atoms with Crippen LogP contribution in [0.15, 0.2) is 41.6 Å². The number of sulfonamides is 1. The average molecular weight is 284 g/mol. The molecule has 1 aromatic heterocycles. The van der Waals surface area contributed by atoms with E-state index in [2.05, 4.69) is 14.7 Å². The first kappa shape index (κ1) is 12.8. The maximum Gasteiger partial charge on any atom is 0.264 e. The Morgan fingerprint density at radius 1 is 1.17 bits per heavy atom. The molecule has 5 nitrogen and oxygen atoms in total. The Labute approximate surface area is 110 Å². The van der Waals surface area contributed by atoms with E-state index < -0.39 is 10.0 Å². The molecule has 0 aliphatic rings. The highest BCUT2D eigenvalue weighted by Gasteiger charge is 2.15. The molecule has 1 heterocycles. The van der Waals surface area contributed by atoms with Crippen molar-refractivity contribution in [2.45, 2.75) is 11.8 Å². The lowest BCUT2D eigenvalue weighted by molar-refractivity contribution is 0.600. The van der Waals surface area contributed by atoms with Gasteiger partial charge in [-0.25, -0.2) is 18.4 Å². The Bertz CT molecular complexity index is 656. The Balaban J connectivity index is 2.33. The molecule has 0 aliphatic carbocycles. The van der Waals surface area contributed by atoms with Gasteiger partial charge in [-0.1, -0.05) is 18.2 Å². The van der Waals surface area contributed by atoms with Gasteiger partial charge in [0.15, 0.2) is 0 Å². The molecule has 0 unspecified atom stereocenters. The first-order chi connectivity index (χ1) is 8.49. The number of halogens is 1. The predicted molar refractivity (Wildman–Crippen MR) is 69.0 cm³/mol. The van der Waals surface area contributed by atoms with E-state index in [-0.39, 0.29) is 10.2 Å². The normalized spacial score (nSPS) is 11.2. The van der Waals surface area contributed by atoms with E-state index in [1.807, 2.05) is 19.1 Å². The third-order valence-corrected chi connectivity index (χ3v) is 3.81. The minimum absolute atomic E-state index is 0.00448. The van der Waals surface area contributed by atoms with Gasteiger partial charge in [0, 0.05) is 0 Å². The van der Waals surface area contributed by atoms with Gasteiger partial charge in [0.1, 0.15) is 4.90 Å². The van der Waals surface area contributed by atoms with Gasteiger partial charge >= 0.3 is 0 Å². The molecule has 0 aliphatic heterocycles. The third-order valence-electron chi connectivity index (χ3n) is 2.30. The lowest BCUT2D eigenvalue weighted by Gasteiger charge is -2.09. The van der Waals surface area contributed by atoms with Crippen LogP contribution in [0.2, 0.25) is 5.28 Å². The number of nitrogens with one attached hydrogen (secondary N) is 1. The molecule has 0 saturated carbocycles. The fourth-order valence-electron chi connectivity index (χ4n) is 1.33. The number of benzene rings is 1. The Hall–Kier alpha value is -1.66. The zero-order valence-electron chi connectivity index (χ0n) is 9.46. The van der Waals surface area contributed by atoms with E-state index in [0.717, 1.165) is 18.0 Å². The Kier molecular flexibility index (Phi) is 3.49. The fraction of sp³-hybridized carbons (Fsp3) is 0.0909. The standard InChI is InChI=1S/C11H10ClN3O2S/c1-8-4-2-3-5-10(8)15-18(16,17)9-6-13-11(12)14-7-9/h2-7,15H,1H3. The summed E-state index contributed by atoms with van der Waals surface area (Å²) in [4.78, 5) is 7.26. The monoisotopic (exact) mass is 283 g/mol. The molecular weight excluding hydrogens is 274 g/mol. The van der Waals surface area contributed by atoms with Crippen molar-refractivity contribution < 1.29 is 8.42 Å². The van der Waals surface area contributed by atoms with E-state index >= 15 is 0 Å². The highest BCUT2D eigenvalue weighted by Crippen LogP contribution is 2.18. The summed E-state index contributed by atoms with van der Waals surface area (Å²) in [5, 5.41) is 0.00448. The molecular formula is C11H10ClN3O2S. The van der Waals surface area contributed by atoms with Crippen molar-refractivity contribution in [2.75, 3.05) is 4.72 Å². The predicted octanol–water partition coefficient (Wildman–Crippen LogP) is 2.24. The number of nitrogens with zero attached hydrogens (tertiary/aromatic N) is 2. The number of rotatable bonds is 3. The molecule has 0 radical (unpaired) electrons. The van der Waals surface area contributed by atoms with Crippen molar-refractivity contribution in [1.82, 2.24) is 9.97 Å². The van der Waals surface area contributed by atoms with Gasteiger partial charge in [0.25, 0.3) is 10.0 Å². The lowest BCUT2D eigenvalue weighted by Crippen LogP contribution is -2.14. The van der Waals surface area contributed by atoms with Crippen molar-refractivity contribution in [1.29, 1.82) is 0 Å². The largest absolute Gasteiger partial charge is 0.279 e. The average Bonchev–Trinajstić information content (AvgIpc) is 2.32. The van der Waals surface area contributed by atoms with E-state index in [1.165, 1.54) is 0 Å². The van der Waals surface area contributed by atoms with Gasteiger partial charge in [-0.05, 0) is 30.2 Å². The van der Waals surface area contributed by atoms with Crippen molar-refractivity contribution in [3.8, 4) is 0 Å². The van der Waals surface area contributed by atoms with Crippen LogP contribution >= 0.6 is 11.6 Å². The number of anilines is 1. The van der Waals surface area contributed by atoms with Crippen molar-refractivity contribution in [3.05, 3.63) is 47.5 Å². The summed E-state index contributed by atoms with van der Waals surface area (Å²) in [6, 6.07) is 7.08. The van der Waals surface area contributed by atoms with E-state index in [4.69, 9.17) is 11.6 Å². The molecule has 1 aromatic carbocycles. The van der Waals surface area contributed by atoms with Crippen LogP contribution in [-0.4, -0.2) is 18.4 Å². The summed E-state index contributed by atoms with van der Waals surface area (Å²) in [6.07, 6.45) is 2.33. The second-order valence-corrected chi connectivity index (χ2v) is 5.63. The molecule has 0 spiro atoms. The molecule has 2 aromatic rings. The van der Waals surface area contributed by atoms with E-state index in [9.17, 15) is 8.42 Å². The summed E-state index contributed by atoms with van der Waals surface area (Å²) >= 11 is 5.51. The fourth-order valence-corrected chi connectivity index (χ4v) is 2.45. The Morgan fingerprint density at radius 2 is 1.78 bits per heavy atom. The van der Waals surface area contributed by atoms with Crippen LogP contribution in [0.25, 0.3) is 0 Å². The SMILES string of the molecule is Cc1ccccc1NS(=O)(=O)c1cnc(Cl)nc1. The topological polar surface area (TPSA) is 72.0 Å². The van der Waals surface area contributed by atoms with E-state index in [0.29, 0.717) is 5.69 Å². The lowest BCUT2D eigenvalue weighted by atomic mass is 10.2. The van der Waals surface area contributed by atoms with Gasteiger partial charge in [-0.2, -0.15) is 0 Å². The van der Waals surface area contributed by atoms with Crippen molar-refractivity contribution >= 4 is 27.3 Å². The second-order valence-electron chi connectivity index (χ2n) is 3.61. The summed E-state index contributed by atoms with van der Waals surface area (Å²) in [5.74, 6) is 0. The van der Waals surface area contributed by atoms with Crippen LogP contribution in [0.5, 0.6) is 0 Å². The zero-order chi connectivity index (χ0) is 13.2. The van der Waals surface area contributed by atoms with E-state index in [1.54, 1.807) is 12.1 Å². The van der Waals surface area contributed by atoms with Gasteiger partial charge in [-0.3, -0.25) is 4.72 Å². The molecule has 7 heteroatoms. The minimum Gasteiger partial charge on any atom is -0.279 e. The Morgan fingerprint density at radius 3 is 2.39 bits per heavy atom. The molecule has 0 bridgehead atoms. The summed E-state index contributed by atoms with van der Waals surface area (Å²) in [7, 11) is -3.69. The quantitative estimate of drug-likeness (QED) is 0.877. The van der Waals surface area contributed by atoms with Crippen LogP contribution in [0.1, 0.15) is 5.56 Å². The first-order valence-electron chi connectivity index (χ1n) is 5.05. The van der Waals surface area contributed by atoms with Gasteiger partial charge < -0.3 is 0 Å². The number of hydrogen-bond acceptors (Lipinski definition) is 4. The number of para-hydroxylation sites is 1. The maximum absolute atomic E-state index is 12.0. The van der Waals surface area contributed by atoms with Gasteiger partial charge in [0.05, 0.1) is 18.1 Å². The highest BCUT2D eigenvalue weighted by molar-refractivity contribution is 7.92. The smallest absolute Gasteiger partial charge is 0.264 e. The molecule has 0 saturated heterocycles. The van der Waals surface area contributed by atoms with Crippen LogP contribution in [-0.2, 0) is 10.0 Å². The molecule has 0 amide bonds. The number of aryl methyl sites for hydroxylation is 1. The first-order valence-corrected chi connectivity index (χ1v) is 6.91. The zero-order valence-corrected chi connectivity index (χ0v) is 11.0. The van der Waals surface area contributed by atoms with Crippen LogP contribution in [0, 0.1) is 6.92 Å². The van der Waals surface area contributed by atoms with Crippen molar-refractivity contribution in [2.24, 2.45) is 0 Å². The highest BCUT2D eigenvalue weighted by atomic mass is 35.5. The van der Waals surface area contributed by atoms with Gasteiger partial charge in [-0.15, -0.1) is 0 Å². The van der Waals surface area contributed by atoms with Crippen LogP contribution in [0.3, 0.4) is 0 Å². The van der Waals surface area contributed by atoms with Crippen molar-refractivity contribution in [3.63, 3.8) is 0 Å². The second kappa shape index (κ2) is 4.91. The van der Waals surface area contributed by atoms with Crippen LogP contribution in [0.4, 0.5) is 5.69 Å². The summed E-state index contributed by atoms with van der Waals surface area (Å²) < 4.78 is 26.5. The summed E-state index contributed by atoms with van der Waals surface area (Å²) in [6.45, 7) is 1.82. The molecule has 2 rings (SSSR count). The molecule has 0 atom stereocenters. The molecule has 94 valence electrons. The molecule has 1 N–H and O–H groups in total. The third kappa shape index (κ3) is 2.77. The maximum atomic E-state index is 12.0. The minimum atomic E-state index is -3.69. The number of hydrogen-bond donors (Lipinski definition) is 1. The molecule has 18 heavy (non-hydrogen) atoms. The van der Waals surface area contributed by atoms with Gasteiger partial charge in [0.2, 0.25) is 5.28 Å². The number of aromatic nitrogens is 2. The summed E-state index contributed by atoms with van der Waals surface area (Å²) in [5.41, 5.74) is 1.35. The van der Waals surface area contributed by atoms with Crippen LogP contribution < -0.4 is 4.72 Å².